The topological polar surface area (TPSA) is 109 Å². The largest absolute Gasteiger partial charge is 0.460 e. The molecule has 3 aromatic heterocycles. The maximum Gasteiger partial charge on any atom is 0.349 e. The lowest BCUT2D eigenvalue weighted by Gasteiger charge is -2.35. The van der Waals surface area contributed by atoms with Gasteiger partial charge in [-0.1, -0.05) is 41.6 Å². The highest BCUT2D eigenvalue weighted by Gasteiger charge is 2.45. The molecule has 10 heteroatoms. The van der Waals surface area contributed by atoms with Crippen molar-refractivity contribution < 1.29 is 24.3 Å². The smallest absolute Gasteiger partial charge is 0.349 e. The first-order valence-electron chi connectivity index (χ1n) is 13.2. The number of aliphatic hydroxyl groups is 2. The summed E-state index contributed by atoms with van der Waals surface area (Å²) in [6.45, 7) is 0.904. The van der Waals surface area contributed by atoms with Gasteiger partial charge in [0.1, 0.15) is 6.10 Å². The summed E-state index contributed by atoms with van der Waals surface area (Å²) in [4.78, 5) is 21.3. The highest BCUT2D eigenvalue weighted by molar-refractivity contribution is 7.12. The van der Waals surface area contributed by atoms with E-state index in [-0.39, 0.29) is 12.7 Å². The third-order valence-corrected chi connectivity index (χ3v) is 9.31. The quantitative estimate of drug-likeness (QED) is 0.244. The van der Waals surface area contributed by atoms with Gasteiger partial charge in [0.2, 0.25) is 17.3 Å². The summed E-state index contributed by atoms with van der Waals surface area (Å²) in [6.07, 6.45) is 4.80. The minimum Gasteiger partial charge on any atom is -0.460 e. The zero-order valence-corrected chi connectivity index (χ0v) is 23.5. The Morgan fingerprint density at radius 1 is 1.08 bits per heavy atom. The molecule has 206 valence electrons. The van der Waals surface area contributed by atoms with Crippen LogP contribution < -0.4 is 0 Å². The SMILES string of the molecule is CN(CCCc1nc(-c2ccc(CO)cc2)no1)[C@H]1CC[C@H](OC(=O)C(O)(c2cccs2)c2cccs2)CC1. The number of hydrogen-bond donors (Lipinski definition) is 2. The van der Waals surface area contributed by atoms with E-state index in [1.807, 2.05) is 47.2 Å². The van der Waals surface area contributed by atoms with Gasteiger partial charge in [0, 0.05) is 18.0 Å². The molecule has 1 aliphatic carbocycles. The maximum atomic E-state index is 13.2. The number of rotatable bonds is 11. The second kappa shape index (κ2) is 12.5. The molecule has 1 aromatic carbocycles. The molecule has 3 heterocycles. The van der Waals surface area contributed by atoms with Crippen LogP contribution in [0, 0.1) is 0 Å². The molecule has 0 spiro atoms. The summed E-state index contributed by atoms with van der Waals surface area (Å²) in [6, 6.07) is 15.1. The van der Waals surface area contributed by atoms with Gasteiger partial charge in [0.25, 0.3) is 0 Å². The van der Waals surface area contributed by atoms with Gasteiger partial charge in [0.05, 0.1) is 16.4 Å². The Labute approximate surface area is 235 Å². The number of aromatic nitrogens is 2. The van der Waals surface area contributed by atoms with Gasteiger partial charge in [0.15, 0.2) is 0 Å². The van der Waals surface area contributed by atoms with Crippen molar-refractivity contribution in [3.8, 4) is 11.4 Å². The van der Waals surface area contributed by atoms with Crippen molar-refractivity contribution in [3.63, 3.8) is 0 Å². The molecule has 8 nitrogen and oxygen atoms in total. The fourth-order valence-electron chi connectivity index (χ4n) is 5.03. The molecule has 2 N–H and O–H groups in total. The Kier molecular flexibility index (Phi) is 8.89. The average Bonchev–Trinajstić information content (AvgIpc) is 3.76. The number of thiophene rings is 2. The number of ether oxygens (including phenoxy) is 1. The fraction of sp³-hybridized carbons (Fsp3) is 0.414. The van der Waals surface area contributed by atoms with Gasteiger partial charge in [-0.05, 0) is 74.2 Å². The average molecular weight is 568 g/mol. The van der Waals surface area contributed by atoms with Crippen molar-refractivity contribution in [2.75, 3.05) is 13.6 Å². The predicted molar refractivity (Wildman–Crippen MR) is 150 cm³/mol. The highest BCUT2D eigenvalue weighted by Crippen LogP contribution is 2.38. The van der Waals surface area contributed by atoms with E-state index in [1.54, 1.807) is 12.1 Å². The van der Waals surface area contributed by atoms with E-state index in [2.05, 4.69) is 22.1 Å². The zero-order valence-electron chi connectivity index (χ0n) is 21.9. The van der Waals surface area contributed by atoms with Crippen molar-refractivity contribution in [1.29, 1.82) is 0 Å². The van der Waals surface area contributed by atoms with Crippen molar-refractivity contribution in [3.05, 3.63) is 80.5 Å². The molecule has 39 heavy (non-hydrogen) atoms. The first kappa shape index (κ1) is 27.7. The highest BCUT2D eigenvalue weighted by atomic mass is 32.1. The van der Waals surface area contributed by atoms with Gasteiger partial charge in [-0.3, -0.25) is 0 Å². The van der Waals surface area contributed by atoms with Crippen LogP contribution in [0.25, 0.3) is 11.4 Å². The van der Waals surface area contributed by atoms with E-state index in [4.69, 9.17) is 9.26 Å². The lowest BCUT2D eigenvalue weighted by Crippen LogP contribution is -2.42. The molecule has 0 unspecified atom stereocenters. The number of nitrogens with zero attached hydrogens (tertiary/aromatic N) is 3. The molecule has 1 aliphatic rings. The predicted octanol–water partition coefficient (Wildman–Crippen LogP) is 5.01. The van der Waals surface area contributed by atoms with Crippen molar-refractivity contribution in [2.24, 2.45) is 0 Å². The molecule has 0 atom stereocenters. The molecule has 0 bridgehead atoms. The third-order valence-electron chi connectivity index (χ3n) is 7.36. The summed E-state index contributed by atoms with van der Waals surface area (Å²) in [7, 11) is 2.13. The van der Waals surface area contributed by atoms with Crippen LogP contribution in [0.4, 0.5) is 0 Å². The minimum atomic E-state index is -1.76. The zero-order chi connectivity index (χ0) is 27.2. The number of carbonyl (C=O) groups excluding carboxylic acids is 1. The van der Waals surface area contributed by atoms with Crippen molar-refractivity contribution >= 4 is 28.6 Å². The molecule has 0 amide bonds. The number of aryl methyl sites for hydroxylation is 1. The summed E-state index contributed by atoms with van der Waals surface area (Å²) >= 11 is 2.71. The standard InChI is InChI=1S/C29H33N3O5S2/c1-32(16-2-7-26-30-27(31-37-26)21-10-8-20(19-33)9-11-21)22-12-14-23(15-13-22)36-28(34)29(35,24-5-3-17-38-24)25-6-4-18-39-25/h3-6,8-11,17-18,22-23,33,35H,2,7,12-16,19H2,1H3/t22-,23-. The lowest BCUT2D eigenvalue weighted by molar-refractivity contribution is -0.169. The molecule has 1 fully saturated rings. The summed E-state index contributed by atoms with van der Waals surface area (Å²) < 4.78 is 11.3. The maximum absolute atomic E-state index is 13.2. The van der Waals surface area contributed by atoms with Crippen LogP contribution in [0.3, 0.4) is 0 Å². The molecule has 0 aliphatic heterocycles. The molecule has 0 saturated heterocycles. The molecule has 5 rings (SSSR count). The Morgan fingerprint density at radius 2 is 1.74 bits per heavy atom. The summed E-state index contributed by atoms with van der Waals surface area (Å²) in [5, 5.41) is 28.5. The molecule has 4 aromatic rings. The first-order chi connectivity index (χ1) is 19.0. The van der Waals surface area contributed by atoms with Gasteiger partial charge in [-0.15, -0.1) is 22.7 Å². The second-order valence-electron chi connectivity index (χ2n) is 9.95. The number of hydrogen-bond acceptors (Lipinski definition) is 10. The third kappa shape index (κ3) is 6.31. The van der Waals surface area contributed by atoms with E-state index in [9.17, 15) is 15.0 Å². The molecular weight excluding hydrogens is 534 g/mol. The van der Waals surface area contributed by atoms with Gasteiger partial charge in [-0.2, -0.15) is 4.98 Å². The Bertz CT molecular complexity index is 1280. The van der Waals surface area contributed by atoms with E-state index in [1.165, 1.54) is 22.7 Å². The lowest BCUT2D eigenvalue weighted by atomic mass is 9.91. The number of aliphatic hydroxyl groups excluding tert-OH is 1. The fourth-order valence-corrected chi connectivity index (χ4v) is 6.74. The van der Waals surface area contributed by atoms with E-state index >= 15 is 0 Å². The summed E-state index contributed by atoms with van der Waals surface area (Å²) in [5.74, 6) is 0.581. The van der Waals surface area contributed by atoms with Crippen LogP contribution in [0.2, 0.25) is 0 Å². The Hall–Kier alpha value is -2.89. The van der Waals surface area contributed by atoms with Crippen LogP contribution in [-0.4, -0.2) is 57.0 Å². The Balaban J connectivity index is 1.08. The van der Waals surface area contributed by atoms with Crippen LogP contribution >= 0.6 is 22.7 Å². The number of carbonyl (C=O) groups is 1. The van der Waals surface area contributed by atoms with Crippen LogP contribution in [0.15, 0.2) is 63.8 Å². The monoisotopic (exact) mass is 567 g/mol. The normalized spacial score (nSPS) is 17.9. The molecule has 0 radical (unpaired) electrons. The minimum absolute atomic E-state index is 0.00658. The molecular formula is C29H33N3O5S2. The first-order valence-corrected chi connectivity index (χ1v) is 15.0. The van der Waals surface area contributed by atoms with Crippen molar-refractivity contribution in [2.45, 2.75) is 62.9 Å². The van der Waals surface area contributed by atoms with Crippen LogP contribution in [0.5, 0.6) is 0 Å². The summed E-state index contributed by atoms with van der Waals surface area (Å²) in [5.41, 5.74) is -0.0510. The van der Waals surface area contributed by atoms with Crippen LogP contribution in [0.1, 0.15) is 53.3 Å². The van der Waals surface area contributed by atoms with Crippen LogP contribution in [-0.2, 0) is 28.2 Å². The van der Waals surface area contributed by atoms with Gasteiger partial charge in [-0.25, -0.2) is 4.79 Å². The second-order valence-corrected chi connectivity index (χ2v) is 11.8. The Morgan fingerprint density at radius 3 is 2.33 bits per heavy atom. The van der Waals surface area contributed by atoms with Gasteiger partial charge < -0.3 is 24.4 Å². The number of benzene rings is 1. The van der Waals surface area contributed by atoms with E-state index in [0.717, 1.165) is 49.8 Å². The molecule has 1 saturated carbocycles. The van der Waals surface area contributed by atoms with E-state index in [0.29, 0.717) is 33.9 Å². The van der Waals surface area contributed by atoms with Gasteiger partial charge >= 0.3 is 5.97 Å². The number of esters is 1. The van der Waals surface area contributed by atoms with Crippen molar-refractivity contribution in [1.82, 2.24) is 15.0 Å². The van der Waals surface area contributed by atoms with E-state index < -0.39 is 11.6 Å².